The highest BCUT2D eigenvalue weighted by Crippen LogP contribution is 2.13. The van der Waals surface area contributed by atoms with Gasteiger partial charge in [-0.1, -0.05) is 0 Å². The minimum absolute atomic E-state index is 0.0739. The third-order valence-corrected chi connectivity index (χ3v) is 2.91. The first-order valence-electron chi connectivity index (χ1n) is 6.91. The molecule has 0 bridgehead atoms. The smallest absolute Gasteiger partial charge is 0.251 e. The summed E-state index contributed by atoms with van der Waals surface area (Å²) < 4.78 is 5.38. The summed E-state index contributed by atoms with van der Waals surface area (Å²) in [7, 11) is 0. The van der Waals surface area contributed by atoms with Crippen molar-refractivity contribution in [1.29, 1.82) is 0 Å². The lowest BCUT2D eigenvalue weighted by atomic mass is 10.2. The average Bonchev–Trinajstić information content (AvgIpc) is 2.93. The molecule has 112 valence electrons. The standard InChI is InChI=1S/C16H20N2O3/c1-11(2)18-16(20)12-3-5-13(6-4-12)17-9-14-7-8-15(10-19)21-14/h3-8,11,17,19H,9-10H2,1-2H3,(H,18,20). The predicted octanol–water partition coefficient (Wildman–Crippen LogP) is 2.52. The second kappa shape index (κ2) is 6.95. The molecule has 0 fully saturated rings. The van der Waals surface area contributed by atoms with E-state index in [1.807, 2.05) is 32.0 Å². The molecule has 0 spiro atoms. The van der Waals surface area contributed by atoms with E-state index in [0.717, 1.165) is 11.4 Å². The zero-order chi connectivity index (χ0) is 15.2. The minimum Gasteiger partial charge on any atom is -0.462 e. The van der Waals surface area contributed by atoms with Gasteiger partial charge in [-0.15, -0.1) is 0 Å². The lowest BCUT2D eigenvalue weighted by molar-refractivity contribution is 0.0943. The van der Waals surface area contributed by atoms with Crippen molar-refractivity contribution in [1.82, 2.24) is 5.32 Å². The molecule has 2 rings (SSSR count). The van der Waals surface area contributed by atoms with Crippen LogP contribution in [0.25, 0.3) is 0 Å². The Morgan fingerprint density at radius 1 is 1.14 bits per heavy atom. The first-order valence-corrected chi connectivity index (χ1v) is 6.91. The van der Waals surface area contributed by atoms with Gasteiger partial charge in [0.1, 0.15) is 18.1 Å². The highest BCUT2D eigenvalue weighted by Gasteiger charge is 2.06. The molecule has 0 aliphatic carbocycles. The van der Waals surface area contributed by atoms with E-state index in [4.69, 9.17) is 9.52 Å². The normalized spacial score (nSPS) is 10.7. The summed E-state index contributed by atoms with van der Waals surface area (Å²) in [6, 6.07) is 11.0. The Balaban J connectivity index is 1.91. The van der Waals surface area contributed by atoms with Gasteiger partial charge in [0.2, 0.25) is 0 Å². The van der Waals surface area contributed by atoms with Crippen molar-refractivity contribution in [2.24, 2.45) is 0 Å². The van der Waals surface area contributed by atoms with Gasteiger partial charge in [-0.25, -0.2) is 0 Å². The fraction of sp³-hybridized carbons (Fsp3) is 0.312. The summed E-state index contributed by atoms with van der Waals surface area (Å²) in [5, 5.41) is 15.0. The van der Waals surface area contributed by atoms with E-state index in [2.05, 4.69) is 10.6 Å². The number of benzene rings is 1. The molecule has 2 aromatic rings. The topological polar surface area (TPSA) is 74.5 Å². The molecular formula is C16H20N2O3. The van der Waals surface area contributed by atoms with Crippen molar-refractivity contribution in [3.8, 4) is 0 Å². The molecule has 1 aromatic heterocycles. The van der Waals surface area contributed by atoms with E-state index in [-0.39, 0.29) is 18.6 Å². The molecule has 1 heterocycles. The molecule has 1 aromatic carbocycles. The molecule has 3 N–H and O–H groups in total. The van der Waals surface area contributed by atoms with Gasteiger partial charge in [-0.05, 0) is 50.2 Å². The quantitative estimate of drug-likeness (QED) is 0.763. The van der Waals surface area contributed by atoms with Crippen LogP contribution in [0.2, 0.25) is 0 Å². The second-order valence-corrected chi connectivity index (χ2v) is 5.09. The summed E-state index contributed by atoms with van der Waals surface area (Å²) in [5.41, 5.74) is 1.54. The van der Waals surface area contributed by atoms with Crippen LogP contribution in [-0.2, 0) is 13.2 Å². The van der Waals surface area contributed by atoms with E-state index in [9.17, 15) is 4.79 Å². The number of hydrogen-bond acceptors (Lipinski definition) is 4. The van der Waals surface area contributed by atoms with Gasteiger partial charge >= 0.3 is 0 Å². The number of nitrogens with one attached hydrogen (secondary N) is 2. The molecule has 0 radical (unpaired) electrons. The van der Waals surface area contributed by atoms with E-state index in [1.165, 1.54) is 0 Å². The highest BCUT2D eigenvalue weighted by atomic mass is 16.4. The van der Waals surface area contributed by atoms with Crippen molar-refractivity contribution in [3.63, 3.8) is 0 Å². The van der Waals surface area contributed by atoms with E-state index < -0.39 is 0 Å². The third kappa shape index (κ3) is 4.36. The average molecular weight is 288 g/mol. The summed E-state index contributed by atoms with van der Waals surface area (Å²) >= 11 is 0. The van der Waals surface area contributed by atoms with Crippen molar-refractivity contribution in [2.75, 3.05) is 5.32 Å². The number of rotatable bonds is 6. The number of aliphatic hydroxyl groups is 1. The lowest BCUT2D eigenvalue weighted by Crippen LogP contribution is -2.29. The number of carbonyl (C=O) groups excluding carboxylic acids is 1. The summed E-state index contributed by atoms with van der Waals surface area (Å²) in [4.78, 5) is 11.8. The Morgan fingerprint density at radius 3 is 2.38 bits per heavy atom. The maximum absolute atomic E-state index is 11.8. The fourth-order valence-corrected chi connectivity index (χ4v) is 1.88. The third-order valence-electron chi connectivity index (χ3n) is 2.91. The van der Waals surface area contributed by atoms with Gasteiger partial charge in [0.05, 0.1) is 6.54 Å². The number of aliphatic hydroxyl groups excluding tert-OH is 1. The molecule has 1 amide bonds. The Hall–Kier alpha value is -2.27. The van der Waals surface area contributed by atoms with Crippen LogP contribution in [0, 0.1) is 0 Å². The monoisotopic (exact) mass is 288 g/mol. The molecule has 5 heteroatoms. The van der Waals surface area contributed by atoms with Gasteiger partial charge in [0.15, 0.2) is 0 Å². The molecule has 0 aliphatic heterocycles. The maximum atomic E-state index is 11.8. The van der Waals surface area contributed by atoms with Crippen LogP contribution in [0.15, 0.2) is 40.8 Å². The van der Waals surface area contributed by atoms with Gasteiger partial charge in [-0.3, -0.25) is 4.79 Å². The van der Waals surface area contributed by atoms with Crippen LogP contribution >= 0.6 is 0 Å². The zero-order valence-electron chi connectivity index (χ0n) is 12.2. The highest BCUT2D eigenvalue weighted by molar-refractivity contribution is 5.94. The SMILES string of the molecule is CC(C)NC(=O)c1ccc(NCc2ccc(CO)o2)cc1. The molecule has 21 heavy (non-hydrogen) atoms. The Morgan fingerprint density at radius 2 is 1.81 bits per heavy atom. The summed E-state index contributed by atoms with van der Waals surface area (Å²) in [6.07, 6.45) is 0. The number of carbonyl (C=O) groups is 1. The Bertz CT molecular complexity index is 588. The molecule has 0 aliphatic rings. The Labute approximate surface area is 124 Å². The number of amides is 1. The molecule has 0 saturated heterocycles. The van der Waals surface area contributed by atoms with Crippen LogP contribution in [0.5, 0.6) is 0 Å². The molecule has 0 unspecified atom stereocenters. The summed E-state index contributed by atoms with van der Waals surface area (Å²) in [5.74, 6) is 1.23. The molecule has 0 atom stereocenters. The number of hydrogen-bond donors (Lipinski definition) is 3. The van der Waals surface area contributed by atoms with Gasteiger partial charge in [-0.2, -0.15) is 0 Å². The number of anilines is 1. The molecule has 0 saturated carbocycles. The summed E-state index contributed by atoms with van der Waals surface area (Å²) in [6.45, 7) is 4.28. The molecule has 5 nitrogen and oxygen atoms in total. The first-order chi connectivity index (χ1) is 10.1. The van der Waals surface area contributed by atoms with Crippen molar-refractivity contribution in [3.05, 3.63) is 53.5 Å². The first kappa shape index (κ1) is 15.1. The van der Waals surface area contributed by atoms with E-state index in [1.54, 1.807) is 18.2 Å². The van der Waals surface area contributed by atoms with Crippen LogP contribution in [-0.4, -0.2) is 17.1 Å². The minimum atomic E-state index is -0.0976. The van der Waals surface area contributed by atoms with Crippen LogP contribution in [0.3, 0.4) is 0 Å². The number of furan rings is 1. The van der Waals surface area contributed by atoms with Crippen molar-refractivity contribution in [2.45, 2.75) is 33.0 Å². The van der Waals surface area contributed by atoms with Crippen molar-refractivity contribution >= 4 is 11.6 Å². The predicted molar refractivity (Wildman–Crippen MR) is 81.0 cm³/mol. The van der Waals surface area contributed by atoms with Gasteiger partial charge in [0, 0.05) is 17.3 Å². The van der Waals surface area contributed by atoms with Crippen molar-refractivity contribution < 1.29 is 14.3 Å². The Kier molecular flexibility index (Phi) is 5.00. The molecular weight excluding hydrogens is 268 g/mol. The zero-order valence-corrected chi connectivity index (χ0v) is 12.2. The lowest BCUT2D eigenvalue weighted by Gasteiger charge is -2.09. The second-order valence-electron chi connectivity index (χ2n) is 5.09. The van der Waals surface area contributed by atoms with Crippen LogP contribution in [0.1, 0.15) is 35.7 Å². The largest absolute Gasteiger partial charge is 0.462 e. The maximum Gasteiger partial charge on any atom is 0.251 e. The van der Waals surface area contributed by atoms with Gasteiger partial charge < -0.3 is 20.2 Å². The van der Waals surface area contributed by atoms with Gasteiger partial charge in [0.25, 0.3) is 5.91 Å². The van der Waals surface area contributed by atoms with Crippen LogP contribution in [0.4, 0.5) is 5.69 Å². The van der Waals surface area contributed by atoms with Crippen LogP contribution < -0.4 is 10.6 Å². The fourth-order valence-electron chi connectivity index (χ4n) is 1.88. The van der Waals surface area contributed by atoms with E-state index >= 15 is 0 Å². The van der Waals surface area contributed by atoms with E-state index in [0.29, 0.717) is 17.9 Å².